The number of benzene rings is 1. The number of esters is 1. The molecule has 10 heteroatoms. The van der Waals surface area contributed by atoms with Crippen molar-refractivity contribution in [2.45, 2.75) is 19.6 Å². The van der Waals surface area contributed by atoms with E-state index in [1.165, 1.54) is 0 Å². The third-order valence-electron chi connectivity index (χ3n) is 4.27. The summed E-state index contributed by atoms with van der Waals surface area (Å²) in [5.74, 6) is -1.04. The number of rotatable bonds is 17. The number of carbonyl (C=O) groups is 2. The van der Waals surface area contributed by atoms with Gasteiger partial charge in [-0.1, -0.05) is 30.3 Å². The van der Waals surface area contributed by atoms with E-state index in [1.807, 2.05) is 30.3 Å². The minimum atomic E-state index is -1.06. The molecule has 1 aromatic rings. The lowest BCUT2D eigenvalue weighted by molar-refractivity contribution is -0.153. The highest BCUT2D eigenvalue weighted by Gasteiger charge is 2.37. The number of nitrogens with one attached hydrogen (secondary N) is 1. The first-order valence-corrected chi connectivity index (χ1v) is 10.3. The van der Waals surface area contributed by atoms with Gasteiger partial charge in [0, 0.05) is 19.6 Å². The molecule has 0 aliphatic heterocycles. The van der Waals surface area contributed by atoms with E-state index in [0.717, 1.165) is 5.56 Å². The lowest BCUT2D eigenvalue weighted by atomic mass is 9.91. The molecule has 1 atom stereocenters. The van der Waals surface area contributed by atoms with Crippen LogP contribution in [0.5, 0.6) is 0 Å². The lowest BCUT2D eigenvalue weighted by Gasteiger charge is -2.30. The highest BCUT2D eigenvalue weighted by atomic mass is 16.5. The summed E-state index contributed by atoms with van der Waals surface area (Å²) in [5, 5.41) is 2.70. The van der Waals surface area contributed by atoms with Crippen molar-refractivity contribution in [3.05, 3.63) is 35.9 Å². The van der Waals surface area contributed by atoms with Crippen molar-refractivity contribution in [1.82, 2.24) is 5.32 Å². The minimum absolute atomic E-state index is 0.0655. The topological polar surface area (TPSA) is 161 Å². The maximum atomic E-state index is 13.1. The van der Waals surface area contributed by atoms with E-state index in [-0.39, 0.29) is 39.6 Å². The predicted octanol–water partition coefficient (Wildman–Crippen LogP) is -0.853. The molecular weight excluding hydrogens is 404 g/mol. The van der Waals surface area contributed by atoms with Crippen LogP contribution < -0.4 is 22.5 Å². The van der Waals surface area contributed by atoms with Gasteiger partial charge in [-0.3, -0.25) is 4.79 Å². The normalized spacial score (nSPS) is 12.4. The van der Waals surface area contributed by atoms with Crippen molar-refractivity contribution in [1.29, 1.82) is 0 Å². The number of carbonyl (C=O) groups excluding carboxylic acids is 2. The van der Waals surface area contributed by atoms with Crippen molar-refractivity contribution in [3.63, 3.8) is 0 Å². The van der Waals surface area contributed by atoms with Crippen LogP contribution in [0, 0.1) is 5.41 Å². The first-order chi connectivity index (χ1) is 15.0. The van der Waals surface area contributed by atoms with Crippen LogP contribution in [0.25, 0.3) is 0 Å². The quantitative estimate of drug-likeness (QED) is 0.178. The second-order valence-electron chi connectivity index (χ2n) is 7.23. The van der Waals surface area contributed by atoms with Gasteiger partial charge >= 0.3 is 5.97 Å². The van der Waals surface area contributed by atoms with Crippen LogP contribution in [0.1, 0.15) is 12.5 Å². The Morgan fingerprint density at radius 3 is 2.03 bits per heavy atom. The van der Waals surface area contributed by atoms with Crippen LogP contribution in [-0.2, 0) is 35.1 Å². The molecule has 1 amide bonds. The molecule has 31 heavy (non-hydrogen) atoms. The second kappa shape index (κ2) is 15.7. The monoisotopic (exact) mass is 440 g/mol. The molecule has 1 aromatic carbocycles. The van der Waals surface area contributed by atoms with Crippen LogP contribution in [0.15, 0.2) is 30.3 Å². The Hall–Kier alpha value is -2.08. The predicted molar refractivity (Wildman–Crippen MR) is 116 cm³/mol. The Morgan fingerprint density at radius 1 is 0.935 bits per heavy atom. The summed E-state index contributed by atoms with van der Waals surface area (Å²) < 4.78 is 21.7. The van der Waals surface area contributed by atoms with Gasteiger partial charge in [-0.15, -0.1) is 0 Å². The summed E-state index contributed by atoms with van der Waals surface area (Å²) in [5.41, 5.74) is 16.2. The van der Waals surface area contributed by atoms with Gasteiger partial charge in [0.2, 0.25) is 5.91 Å². The van der Waals surface area contributed by atoms with Crippen LogP contribution in [0.2, 0.25) is 0 Å². The van der Waals surface area contributed by atoms with E-state index in [1.54, 1.807) is 6.92 Å². The average molecular weight is 441 g/mol. The molecule has 0 aromatic heterocycles. The maximum Gasteiger partial charge on any atom is 0.331 e. The van der Waals surface area contributed by atoms with Crippen LogP contribution in [-0.4, -0.2) is 77.2 Å². The Balaban J connectivity index is 2.81. The van der Waals surface area contributed by atoms with Gasteiger partial charge in [-0.05, 0) is 12.5 Å². The van der Waals surface area contributed by atoms with Gasteiger partial charge in [-0.2, -0.15) is 0 Å². The van der Waals surface area contributed by atoms with E-state index in [4.69, 9.17) is 36.1 Å². The molecule has 0 saturated heterocycles. The van der Waals surface area contributed by atoms with E-state index in [2.05, 4.69) is 5.32 Å². The van der Waals surface area contributed by atoms with E-state index >= 15 is 0 Å². The molecule has 0 unspecified atom stereocenters. The molecule has 0 aliphatic carbocycles. The summed E-state index contributed by atoms with van der Waals surface area (Å²) in [4.78, 5) is 25.7. The van der Waals surface area contributed by atoms with Crippen molar-refractivity contribution in [2.24, 2.45) is 22.6 Å². The zero-order chi connectivity index (χ0) is 23.0. The number of ether oxygens (including phenoxy) is 4. The molecule has 7 N–H and O–H groups in total. The molecule has 10 nitrogen and oxygen atoms in total. The number of hydrogen-bond donors (Lipinski definition) is 4. The smallest absolute Gasteiger partial charge is 0.331 e. The highest BCUT2D eigenvalue weighted by Crippen LogP contribution is 2.19. The fourth-order valence-corrected chi connectivity index (χ4v) is 2.55. The average Bonchev–Trinajstić information content (AvgIpc) is 2.78. The van der Waals surface area contributed by atoms with Gasteiger partial charge in [-0.25, -0.2) is 4.79 Å². The summed E-state index contributed by atoms with van der Waals surface area (Å²) in [6.45, 7) is 3.59. The van der Waals surface area contributed by atoms with E-state index in [0.29, 0.717) is 26.3 Å². The summed E-state index contributed by atoms with van der Waals surface area (Å²) in [6.07, 6.45) is 0. The molecular formula is C21H36N4O6. The van der Waals surface area contributed by atoms with Crippen molar-refractivity contribution in [2.75, 3.05) is 59.3 Å². The number of nitrogens with two attached hydrogens (primary N) is 3. The van der Waals surface area contributed by atoms with Gasteiger partial charge in [0.1, 0.15) is 6.61 Å². The maximum absolute atomic E-state index is 13.1. The van der Waals surface area contributed by atoms with Crippen molar-refractivity contribution >= 4 is 11.9 Å². The molecule has 0 saturated carbocycles. The summed E-state index contributed by atoms with van der Waals surface area (Å²) >= 11 is 0. The van der Waals surface area contributed by atoms with Crippen LogP contribution in [0.3, 0.4) is 0 Å². The summed E-state index contributed by atoms with van der Waals surface area (Å²) in [6, 6.07) is 8.24. The minimum Gasteiger partial charge on any atom is -0.459 e. The third-order valence-corrected chi connectivity index (χ3v) is 4.27. The van der Waals surface area contributed by atoms with Crippen LogP contribution >= 0.6 is 0 Å². The first-order valence-electron chi connectivity index (χ1n) is 10.3. The van der Waals surface area contributed by atoms with Crippen molar-refractivity contribution in [3.8, 4) is 0 Å². The van der Waals surface area contributed by atoms with Gasteiger partial charge in [0.15, 0.2) is 6.04 Å². The molecule has 0 aliphatic rings. The first kappa shape index (κ1) is 27.0. The molecule has 0 heterocycles. The van der Waals surface area contributed by atoms with Gasteiger partial charge < -0.3 is 41.5 Å². The van der Waals surface area contributed by atoms with Crippen molar-refractivity contribution < 1.29 is 28.5 Å². The number of amides is 1. The molecule has 0 fully saturated rings. The Labute approximate surface area is 183 Å². The zero-order valence-corrected chi connectivity index (χ0v) is 18.2. The lowest BCUT2D eigenvalue weighted by Crippen LogP contribution is -2.53. The molecule has 1 rings (SSSR count). The van der Waals surface area contributed by atoms with Crippen LogP contribution in [0.4, 0.5) is 0 Å². The SMILES string of the molecule is CC(COCCN)(COCCN)C(=O)N[C@@H](COCCN)C(=O)OCc1ccccc1. The molecule has 0 spiro atoms. The fraction of sp³-hybridized carbons (Fsp3) is 0.619. The molecule has 176 valence electrons. The second-order valence-corrected chi connectivity index (χ2v) is 7.23. The fourth-order valence-electron chi connectivity index (χ4n) is 2.55. The highest BCUT2D eigenvalue weighted by molar-refractivity contribution is 5.88. The third kappa shape index (κ3) is 10.7. The van der Waals surface area contributed by atoms with E-state index in [9.17, 15) is 9.59 Å². The molecule has 0 bridgehead atoms. The number of hydrogen-bond acceptors (Lipinski definition) is 9. The Morgan fingerprint density at radius 2 is 1.48 bits per heavy atom. The zero-order valence-electron chi connectivity index (χ0n) is 18.2. The largest absolute Gasteiger partial charge is 0.459 e. The molecule has 0 radical (unpaired) electrons. The standard InChI is InChI=1S/C21H36N4O6/c1-21(15-29-11-8-23,16-30-12-9-24)20(27)25-18(14-28-10-7-22)19(26)31-13-17-5-3-2-4-6-17/h2-6,18H,7-16,22-24H2,1H3,(H,25,27)/t18-/m0/s1. The van der Waals surface area contributed by atoms with Gasteiger partial charge in [0.05, 0.1) is 45.1 Å². The summed E-state index contributed by atoms with van der Waals surface area (Å²) in [7, 11) is 0. The van der Waals surface area contributed by atoms with Gasteiger partial charge in [0.25, 0.3) is 0 Å². The Bertz CT molecular complexity index is 622. The Kier molecular flexibility index (Phi) is 13.6. The van der Waals surface area contributed by atoms with E-state index < -0.39 is 23.3 Å².